The maximum atomic E-state index is 12.8. The van der Waals surface area contributed by atoms with Gasteiger partial charge in [0.25, 0.3) is 0 Å². The molecule has 0 aliphatic carbocycles. The molecular formula is C30H38N10O3S. The molecule has 3 aromatic heterocycles. The molecular weight excluding hydrogens is 580 g/mol. The number of carbonyl (C=O) groups is 2. The van der Waals surface area contributed by atoms with Gasteiger partial charge in [0.15, 0.2) is 11.0 Å². The van der Waals surface area contributed by atoms with Gasteiger partial charge in [-0.25, -0.2) is 4.98 Å². The highest BCUT2D eigenvalue weighted by Crippen LogP contribution is 2.28. The van der Waals surface area contributed by atoms with E-state index in [1.807, 2.05) is 64.9 Å². The second kappa shape index (κ2) is 14.2. The van der Waals surface area contributed by atoms with Crippen molar-refractivity contribution in [3.05, 3.63) is 54.4 Å². The summed E-state index contributed by atoms with van der Waals surface area (Å²) in [7, 11) is 0. The Balaban J connectivity index is 0.951. The molecule has 2 amide bonds. The van der Waals surface area contributed by atoms with Gasteiger partial charge in [0.2, 0.25) is 17.8 Å². The molecule has 1 atom stereocenters. The van der Waals surface area contributed by atoms with Gasteiger partial charge >= 0.3 is 0 Å². The van der Waals surface area contributed by atoms with Crippen molar-refractivity contribution in [1.29, 1.82) is 0 Å². The Morgan fingerprint density at radius 1 is 1.09 bits per heavy atom. The van der Waals surface area contributed by atoms with Gasteiger partial charge in [-0.2, -0.15) is 10.1 Å². The van der Waals surface area contributed by atoms with Crippen molar-refractivity contribution in [2.45, 2.75) is 29.8 Å². The molecule has 1 aromatic carbocycles. The van der Waals surface area contributed by atoms with Crippen LogP contribution >= 0.6 is 11.8 Å². The molecule has 2 aliphatic heterocycles. The molecule has 5 heterocycles. The van der Waals surface area contributed by atoms with Crippen LogP contribution < -0.4 is 16.0 Å². The molecule has 232 valence electrons. The summed E-state index contributed by atoms with van der Waals surface area (Å²) in [5, 5.41) is 17.1. The molecule has 0 radical (unpaired) electrons. The van der Waals surface area contributed by atoms with Crippen molar-refractivity contribution < 1.29 is 14.3 Å². The van der Waals surface area contributed by atoms with Crippen LogP contribution in [0.1, 0.15) is 18.5 Å². The fourth-order valence-electron chi connectivity index (χ4n) is 5.43. The van der Waals surface area contributed by atoms with E-state index in [0.717, 1.165) is 68.5 Å². The molecule has 6 rings (SSSR count). The van der Waals surface area contributed by atoms with E-state index in [4.69, 9.17) is 9.72 Å². The summed E-state index contributed by atoms with van der Waals surface area (Å²) in [6.07, 6.45) is 3.60. The molecule has 2 saturated heterocycles. The molecule has 0 unspecified atom stereocenters. The highest BCUT2D eigenvalue weighted by atomic mass is 32.2. The van der Waals surface area contributed by atoms with E-state index in [-0.39, 0.29) is 24.3 Å². The van der Waals surface area contributed by atoms with Crippen LogP contribution in [0.2, 0.25) is 0 Å². The molecule has 44 heavy (non-hydrogen) atoms. The second-order valence-corrected chi connectivity index (χ2v) is 12.2. The van der Waals surface area contributed by atoms with E-state index < -0.39 is 0 Å². The van der Waals surface area contributed by atoms with Crippen LogP contribution in [0.4, 0.5) is 17.5 Å². The number of aromatic amines is 1. The first-order valence-electron chi connectivity index (χ1n) is 15.0. The number of aryl methyl sites for hydroxylation is 1. The third-order valence-corrected chi connectivity index (χ3v) is 8.60. The van der Waals surface area contributed by atoms with Gasteiger partial charge < -0.3 is 20.7 Å². The Bertz CT molecular complexity index is 1570. The van der Waals surface area contributed by atoms with Crippen molar-refractivity contribution in [3.63, 3.8) is 0 Å². The zero-order chi connectivity index (χ0) is 30.3. The summed E-state index contributed by atoms with van der Waals surface area (Å²) in [5.41, 5.74) is 2.43. The number of anilines is 3. The predicted molar refractivity (Wildman–Crippen MR) is 168 cm³/mol. The van der Waals surface area contributed by atoms with Crippen LogP contribution in [0.3, 0.4) is 0 Å². The second-order valence-electron chi connectivity index (χ2n) is 11.1. The van der Waals surface area contributed by atoms with Gasteiger partial charge in [0.1, 0.15) is 5.65 Å². The number of aromatic nitrogens is 5. The lowest BCUT2D eigenvalue weighted by molar-refractivity contribution is -0.125. The SMILES string of the molecule is Cc1cc(Nc2nc(Sc3ccc(NC(=O)CN4CC[C@@H](C(=O)NCCCN5CCOCC5)C4)cc3)nc3cccn23)n[nH]1. The number of carbonyl (C=O) groups excluding carboxylic acids is 2. The quantitative estimate of drug-likeness (QED) is 0.175. The lowest BCUT2D eigenvalue weighted by atomic mass is 10.1. The third kappa shape index (κ3) is 7.94. The van der Waals surface area contributed by atoms with Crippen molar-refractivity contribution in [2.24, 2.45) is 5.92 Å². The average molecular weight is 619 g/mol. The van der Waals surface area contributed by atoms with Crippen LogP contribution in [0.5, 0.6) is 0 Å². The largest absolute Gasteiger partial charge is 0.379 e. The Labute approximate surface area is 260 Å². The summed E-state index contributed by atoms with van der Waals surface area (Å²) < 4.78 is 7.25. The summed E-state index contributed by atoms with van der Waals surface area (Å²) >= 11 is 1.44. The summed E-state index contributed by atoms with van der Waals surface area (Å²) in [6.45, 7) is 8.68. The number of amides is 2. The highest BCUT2D eigenvalue weighted by Gasteiger charge is 2.29. The van der Waals surface area contributed by atoms with Crippen LogP contribution in [-0.4, -0.2) is 105 Å². The molecule has 0 bridgehead atoms. The number of nitrogens with zero attached hydrogens (tertiary/aromatic N) is 6. The summed E-state index contributed by atoms with van der Waals surface area (Å²) in [4.78, 5) is 40.1. The minimum atomic E-state index is -0.0942. The maximum absolute atomic E-state index is 12.8. The van der Waals surface area contributed by atoms with E-state index in [9.17, 15) is 9.59 Å². The Morgan fingerprint density at radius 3 is 2.73 bits per heavy atom. The monoisotopic (exact) mass is 618 g/mol. The number of hydrogen-bond acceptors (Lipinski definition) is 10. The minimum Gasteiger partial charge on any atom is -0.379 e. The van der Waals surface area contributed by atoms with Crippen molar-refractivity contribution in [2.75, 3.05) is 69.7 Å². The Morgan fingerprint density at radius 2 is 1.93 bits per heavy atom. The molecule has 14 heteroatoms. The fourth-order valence-corrected chi connectivity index (χ4v) is 6.18. The molecule has 4 N–H and O–H groups in total. The van der Waals surface area contributed by atoms with E-state index >= 15 is 0 Å². The van der Waals surface area contributed by atoms with Crippen LogP contribution in [0.15, 0.2) is 58.7 Å². The standard InChI is InChI=1S/C30H38N10O3S/c1-21-18-25(37-36-21)33-29-35-30(34-26-4-2-12-40(26)29)44-24-7-5-23(6-8-24)32-27(41)20-39-13-9-22(19-39)28(42)31-10-3-11-38-14-16-43-17-15-38/h2,4-8,12,18,22H,3,9-11,13-17,19-20H2,1H3,(H,31,42)(H,32,41)(H2,33,34,35,36,37)/t22-/m1/s1. The van der Waals surface area contributed by atoms with Crippen molar-refractivity contribution in [1.82, 2.24) is 39.7 Å². The number of rotatable bonds is 12. The number of H-pyrrole nitrogens is 1. The van der Waals surface area contributed by atoms with Gasteiger partial charge in [-0.05, 0) is 81.0 Å². The van der Waals surface area contributed by atoms with Gasteiger partial charge in [0, 0.05) is 54.7 Å². The van der Waals surface area contributed by atoms with E-state index in [1.165, 1.54) is 11.8 Å². The first-order valence-corrected chi connectivity index (χ1v) is 15.8. The van der Waals surface area contributed by atoms with E-state index in [2.05, 4.69) is 36.0 Å². The average Bonchev–Trinajstić information content (AvgIpc) is 3.78. The third-order valence-electron chi connectivity index (χ3n) is 7.72. The Kier molecular flexibility index (Phi) is 9.70. The topological polar surface area (TPSA) is 145 Å². The Hall–Kier alpha value is -3.98. The number of nitrogens with one attached hydrogen (secondary N) is 4. The number of benzene rings is 1. The first-order chi connectivity index (χ1) is 21.5. The molecule has 2 aliphatic rings. The fraction of sp³-hybridized carbons (Fsp3) is 0.433. The molecule has 0 spiro atoms. The van der Waals surface area contributed by atoms with Crippen LogP contribution in [0.25, 0.3) is 5.65 Å². The van der Waals surface area contributed by atoms with Crippen LogP contribution in [-0.2, 0) is 14.3 Å². The van der Waals surface area contributed by atoms with E-state index in [0.29, 0.717) is 35.7 Å². The first kappa shape index (κ1) is 30.1. The smallest absolute Gasteiger partial charge is 0.238 e. The molecule has 4 aromatic rings. The lowest BCUT2D eigenvalue weighted by Crippen LogP contribution is -2.39. The lowest BCUT2D eigenvalue weighted by Gasteiger charge is -2.26. The number of morpholine rings is 1. The van der Waals surface area contributed by atoms with E-state index in [1.54, 1.807) is 0 Å². The number of hydrogen-bond donors (Lipinski definition) is 4. The van der Waals surface area contributed by atoms with Crippen molar-refractivity contribution in [3.8, 4) is 0 Å². The summed E-state index contributed by atoms with van der Waals surface area (Å²) in [6, 6.07) is 13.4. The normalized spacial score (nSPS) is 17.6. The maximum Gasteiger partial charge on any atom is 0.238 e. The molecule has 2 fully saturated rings. The predicted octanol–water partition coefficient (Wildman–Crippen LogP) is 2.75. The van der Waals surface area contributed by atoms with Gasteiger partial charge in [-0.15, -0.1) is 0 Å². The molecule has 13 nitrogen and oxygen atoms in total. The number of fused-ring (bicyclic) bond motifs is 1. The highest BCUT2D eigenvalue weighted by molar-refractivity contribution is 7.99. The van der Waals surface area contributed by atoms with Crippen molar-refractivity contribution >= 4 is 46.7 Å². The zero-order valence-corrected chi connectivity index (χ0v) is 25.6. The molecule has 0 saturated carbocycles. The number of likely N-dealkylation sites (tertiary alicyclic amines) is 1. The minimum absolute atomic E-state index is 0.0742. The van der Waals surface area contributed by atoms with Gasteiger partial charge in [-0.3, -0.25) is 28.9 Å². The van der Waals surface area contributed by atoms with Gasteiger partial charge in [-0.1, -0.05) is 0 Å². The van der Waals surface area contributed by atoms with Gasteiger partial charge in [0.05, 0.1) is 25.7 Å². The number of ether oxygens (including phenoxy) is 1. The summed E-state index contributed by atoms with van der Waals surface area (Å²) in [5.74, 6) is 1.21. The zero-order valence-electron chi connectivity index (χ0n) is 24.8. The van der Waals surface area contributed by atoms with Crippen LogP contribution in [0, 0.1) is 12.8 Å².